The number of rotatable bonds is 4. The molecule has 0 radical (unpaired) electrons. The van der Waals surface area contributed by atoms with E-state index in [1.165, 1.54) is 11.1 Å². The molecule has 6 nitrogen and oxygen atoms in total. The molecule has 0 bridgehead atoms. The Bertz CT molecular complexity index is 885. The van der Waals surface area contributed by atoms with Crippen molar-refractivity contribution in [3.05, 3.63) is 60.2 Å². The second-order valence-electron chi connectivity index (χ2n) is 6.88. The highest BCUT2D eigenvalue weighted by atomic mass is 35.5. The van der Waals surface area contributed by atoms with Gasteiger partial charge in [-0.2, -0.15) is 5.10 Å². The van der Waals surface area contributed by atoms with Crippen LogP contribution in [0.5, 0.6) is 0 Å². The molecule has 0 N–H and O–H groups in total. The zero-order chi connectivity index (χ0) is 17.9. The van der Waals surface area contributed by atoms with Crippen molar-refractivity contribution < 1.29 is 0 Å². The summed E-state index contributed by atoms with van der Waals surface area (Å²) >= 11 is 0. The maximum absolute atomic E-state index is 4.65. The summed E-state index contributed by atoms with van der Waals surface area (Å²) in [5, 5.41) is 4.26. The Morgan fingerprint density at radius 3 is 2.52 bits per heavy atom. The molecule has 4 rings (SSSR count). The molecule has 1 saturated heterocycles. The van der Waals surface area contributed by atoms with E-state index in [-0.39, 0.29) is 12.4 Å². The zero-order valence-electron chi connectivity index (χ0n) is 15.7. The van der Waals surface area contributed by atoms with Crippen molar-refractivity contribution in [2.45, 2.75) is 13.5 Å². The van der Waals surface area contributed by atoms with E-state index in [0.717, 1.165) is 49.8 Å². The Hall–Kier alpha value is -2.44. The highest BCUT2D eigenvalue weighted by Gasteiger charge is 2.21. The van der Waals surface area contributed by atoms with Crippen LogP contribution < -0.4 is 4.90 Å². The number of aromatic nitrogens is 4. The average molecular weight is 385 g/mol. The van der Waals surface area contributed by atoms with Crippen molar-refractivity contribution in [3.63, 3.8) is 0 Å². The van der Waals surface area contributed by atoms with E-state index in [2.05, 4.69) is 62.3 Å². The van der Waals surface area contributed by atoms with Gasteiger partial charge in [0.1, 0.15) is 5.69 Å². The number of piperazine rings is 1. The third-order valence-electron chi connectivity index (χ3n) is 4.81. The number of benzene rings is 1. The molecule has 3 aromatic rings. The Morgan fingerprint density at radius 2 is 1.81 bits per heavy atom. The van der Waals surface area contributed by atoms with Gasteiger partial charge in [0.25, 0.3) is 0 Å². The maximum atomic E-state index is 4.65. The van der Waals surface area contributed by atoms with E-state index in [4.69, 9.17) is 0 Å². The minimum absolute atomic E-state index is 0. The lowest BCUT2D eigenvalue weighted by Gasteiger charge is -2.35. The normalized spacial score (nSPS) is 14.8. The molecule has 1 aliphatic heterocycles. The van der Waals surface area contributed by atoms with Crippen LogP contribution in [0.3, 0.4) is 0 Å². The molecule has 27 heavy (non-hydrogen) atoms. The van der Waals surface area contributed by atoms with Crippen LogP contribution in [0.15, 0.2) is 49.1 Å². The number of halogens is 1. The van der Waals surface area contributed by atoms with Gasteiger partial charge >= 0.3 is 0 Å². The molecule has 1 aliphatic rings. The van der Waals surface area contributed by atoms with Gasteiger partial charge in [-0.15, -0.1) is 12.4 Å². The largest absolute Gasteiger partial charge is 0.352 e. The molecule has 0 spiro atoms. The number of hydrogen-bond donors (Lipinski definition) is 0. The molecule has 0 amide bonds. The van der Waals surface area contributed by atoms with Gasteiger partial charge in [0, 0.05) is 69.5 Å². The second kappa shape index (κ2) is 8.50. The molecule has 142 valence electrons. The maximum Gasteiger partial charge on any atom is 0.155 e. The van der Waals surface area contributed by atoms with E-state index in [9.17, 15) is 0 Å². The standard InChI is InChI=1S/C20H24N6.ClH/c1-16-4-3-5-18(12-16)19-20(22-7-6-21-19)26-10-8-25(9-11-26)15-17-13-23-24(2)14-17;/h3-7,12-14H,8-11,15H2,1-2H3;1H. The third kappa shape index (κ3) is 4.46. The van der Waals surface area contributed by atoms with Crippen molar-refractivity contribution in [2.75, 3.05) is 31.1 Å². The highest BCUT2D eigenvalue weighted by Crippen LogP contribution is 2.28. The van der Waals surface area contributed by atoms with Crippen LogP contribution in [0, 0.1) is 6.92 Å². The first-order chi connectivity index (χ1) is 12.7. The van der Waals surface area contributed by atoms with Gasteiger partial charge in [-0.1, -0.05) is 23.8 Å². The van der Waals surface area contributed by atoms with E-state index in [1.54, 1.807) is 12.4 Å². The third-order valence-corrected chi connectivity index (χ3v) is 4.81. The molecule has 1 fully saturated rings. The number of anilines is 1. The summed E-state index contributed by atoms with van der Waals surface area (Å²) < 4.78 is 1.86. The number of aryl methyl sites for hydroxylation is 2. The summed E-state index contributed by atoms with van der Waals surface area (Å²) in [6, 6.07) is 8.47. The van der Waals surface area contributed by atoms with Gasteiger partial charge in [-0.25, -0.2) is 4.98 Å². The van der Waals surface area contributed by atoms with Crippen LogP contribution in [-0.4, -0.2) is 50.8 Å². The van der Waals surface area contributed by atoms with Crippen molar-refractivity contribution in [1.29, 1.82) is 0 Å². The van der Waals surface area contributed by atoms with Crippen LogP contribution in [0.25, 0.3) is 11.3 Å². The lowest BCUT2D eigenvalue weighted by Crippen LogP contribution is -2.46. The molecule has 3 heterocycles. The van der Waals surface area contributed by atoms with Gasteiger partial charge in [0.15, 0.2) is 5.82 Å². The van der Waals surface area contributed by atoms with Crippen LogP contribution in [-0.2, 0) is 13.6 Å². The van der Waals surface area contributed by atoms with Gasteiger partial charge in [-0.3, -0.25) is 14.6 Å². The predicted octanol–water partition coefficient (Wildman–Crippen LogP) is 2.93. The Morgan fingerprint density at radius 1 is 1.04 bits per heavy atom. The molecule has 2 aromatic heterocycles. The molecule has 7 heteroatoms. The van der Waals surface area contributed by atoms with Crippen LogP contribution in [0.1, 0.15) is 11.1 Å². The smallest absolute Gasteiger partial charge is 0.155 e. The monoisotopic (exact) mass is 384 g/mol. The number of nitrogens with zero attached hydrogens (tertiary/aromatic N) is 6. The number of hydrogen-bond acceptors (Lipinski definition) is 5. The Balaban J connectivity index is 0.00000210. The summed E-state index contributed by atoms with van der Waals surface area (Å²) in [6.07, 6.45) is 7.60. The van der Waals surface area contributed by atoms with Crippen molar-refractivity contribution >= 4 is 18.2 Å². The highest BCUT2D eigenvalue weighted by molar-refractivity contribution is 5.85. The van der Waals surface area contributed by atoms with Crippen molar-refractivity contribution in [2.24, 2.45) is 7.05 Å². The topological polar surface area (TPSA) is 50.1 Å². The summed E-state index contributed by atoms with van der Waals surface area (Å²) in [5.41, 5.74) is 4.60. The lowest BCUT2D eigenvalue weighted by molar-refractivity contribution is 0.249. The van der Waals surface area contributed by atoms with Gasteiger partial charge < -0.3 is 4.90 Å². The van der Waals surface area contributed by atoms with E-state index >= 15 is 0 Å². The molecule has 1 aromatic carbocycles. The van der Waals surface area contributed by atoms with E-state index < -0.39 is 0 Å². The van der Waals surface area contributed by atoms with Crippen LogP contribution in [0.2, 0.25) is 0 Å². The Labute approximate surface area is 166 Å². The van der Waals surface area contributed by atoms with Gasteiger partial charge in [-0.05, 0) is 13.0 Å². The summed E-state index contributed by atoms with van der Waals surface area (Å²) in [6.45, 7) is 7.00. The van der Waals surface area contributed by atoms with E-state index in [0.29, 0.717) is 0 Å². The zero-order valence-corrected chi connectivity index (χ0v) is 16.6. The first-order valence-electron chi connectivity index (χ1n) is 9.02. The van der Waals surface area contributed by atoms with Gasteiger partial charge in [0.2, 0.25) is 0 Å². The summed E-state index contributed by atoms with van der Waals surface area (Å²) in [4.78, 5) is 14.1. The SMILES string of the molecule is Cc1cccc(-c2nccnc2N2CCN(Cc3cnn(C)c3)CC2)c1.Cl. The fraction of sp³-hybridized carbons (Fsp3) is 0.350. The van der Waals surface area contributed by atoms with Crippen LogP contribution in [0.4, 0.5) is 5.82 Å². The molecule has 0 atom stereocenters. The fourth-order valence-corrected chi connectivity index (χ4v) is 3.49. The van der Waals surface area contributed by atoms with Crippen molar-refractivity contribution in [1.82, 2.24) is 24.6 Å². The minimum Gasteiger partial charge on any atom is -0.352 e. The molecular formula is C20H25ClN6. The Kier molecular flexibility index (Phi) is 6.08. The molecule has 0 saturated carbocycles. The molecular weight excluding hydrogens is 360 g/mol. The second-order valence-corrected chi connectivity index (χ2v) is 6.88. The predicted molar refractivity (Wildman–Crippen MR) is 110 cm³/mol. The minimum atomic E-state index is 0. The summed E-state index contributed by atoms with van der Waals surface area (Å²) in [7, 11) is 1.96. The quantitative estimate of drug-likeness (QED) is 0.692. The average Bonchev–Trinajstić information content (AvgIpc) is 3.07. The van der Waals surface area contributed by atoms with Crippen LogP contribution >= 0.6 is 12.4 Å². The fourth-order valence-electron chi connectivity index (χ4n) is 3.49. The molecule has 0 aliphatic carbocycles. The van der Waals surface area contributed by atoms with Crippen molar-refractivity contribution in [3.8, 4) is 11.3 Å². The first-order valence-corrected chi connectivity index (χ1v) is 9.02. The lowest BCUT2D eigenvalue weighted by atomic mass is 10.1. The van der Waals surface area contributed by atoms with Gasteiger partial charge in [0.05, 0.1) is 6.20 Å². The van der Waals surface area contributed by atoms with E-state index in [1.807, 2.05) is 17.9 Å². The first kappa shape index (κ1) is 19.3. The summed E-state index contributed by atoms with van der Waals surface area (Å²) in [5.74, 6) is 0.985. The molecule has 0 unspecified atom stereocenters.